The molecule has 3 heterocycles. The van der Waals surface area contributed by atoms with Crippen LogP contribution in [0.25, 0.3) is 21.0 Å². The number of amides is 1. The smallest absolute Gasteiger partial charge is 0.258 e. The van der Waals surface area contributed by atoms with E-state index in [9.17, 15) is 4.79 Å². The number of benzene rings is 2. The van der Waals surface area contributed by atoms with E-state index in [1.165, 1.54) is 23.2 Å². The number of aromatic nitrogens is 3. The van der Waals surface area contributed by atoms with E-state index in [1.807, 2.05) is 50.2 Å². The molecular weight excluding hydrogens is 420 g/mol. The molecular formula is C24H20N6OS. The Labute approximate surface area is 188 Å². The molecule has 0 fully saturated rings. The van der Waals surface area contributed by atoms with Gasteiger partial charge in [-0.25, -0.2) is 15.0 Å². The second-order valence-corrected chi connectivity index (χ2v) is 8.54. The van der Waals surface area contributed by atoms with Crippen LogP contribution in [0, 0.1) is 13.8 Å². The number of nitrogens with zero attached hydrogens (tertiary/aromatic N) is 3. The lowest BCUT2D eigenvalue weighted by Crippen LogP contribution is -2.13. The molecule has 1 amide bonds. The molecule has 0 bridgehead atoms. The van der Waals surface area contributed by atoms with Crippen molar-refractivity contribution in [3.63, 3.8) is 0 Å². The van der Waals surface area contributed by atoms with E-state index in [1.54, 1.807) is 17.8 Å². The van der Waals surface area contributed by atoms with Crippen LogP contribution in [0.2, 0.25) is 0 Å². The Hall–Kier alpha value is -4.04. The first-order chi connectivity index (χ1) is 15.5. The Kier molecular flexibility index (Phi) is 4.91. The van der Waals surface area contributed by atoms with Gasteiger partial charge in [-0.1, -0.05) is 17.7 Å². The Morgan fingerprint density at radius 2 is 1.84 bits per heavy atom. The van der Waals surface area contributed by atoms with Crippen LogP contribution in [0.1, 0.15) is 21.5 Å². The molecule has 0 saturated carbocycles. The van der Waals surface area contributed by atoms with Crippen molar-refractivity contribution in [3.05, 3.63) is 77.2 Å². The zero-order valence-electron chi connectivity index (χ0n) is 17.5. The third-order valence-electron chi connectivity index (χ3n) is 5.20. The van der Waals surface area contributed by atoms with Crippen LogP contribution in [0.4, 0.5) is 22.9 Å². The van der Waals surface area contributed by atoms with Crippen molar-refractivity contribution in [1.82, 2.24) is 15.0 Å². The van der Waals surface area contributed by atoms with Gasteiger partial charge >= 0.3 is 0 Å². The van der Waals surface area contributed by atoms with Crippen LogP contribution in [0.15, 0.2) is 60.5 Å². The topological polar surface area (TPSA) is 106 Å². The molecule has 4 N–H and O–H groups in total. The van der Waals surface area contributed by atoms with Crippen LogP contribution < -0.4 is 16.4 Å². The molecule has 5 aromatic rings. The minimum atomic E-state index is -0.244. The van der Waals surface area contributed by atoms with E-state index >= 15 is 0 Å². The number of carbonyl (C=O) groups is 1. The Morgan fingerprint density at radius 3 is 2.66 bits per heavy atom. The summed E-state index contributed by atoms with van der Waals surface area (Å²) in [5, 5.41) is 9.76. The third-order valence-corrected chi connectivity index (χ3v) is 6.11. The van der Waals surface area contributed by atoms with E-state index in [2.05, 4.69) is 25.6 Å². The van der Waals surface area contributed by atoms with Crippen molar-refractivity contribution < 1.29 is 4.79 Å². The van der Waals surface area contributed by atoms with Gasteiger partial charge in [-0.3, -0.25) is 4.79 Å². The average Bonchev–Trinajstić information content (AvgIpc) is 3.21. The van der Waals surface area contributed by atoms with Crippen molar-refractivity contribution in [2.24, 2.45) is 0 Å². The maximum Gasteiger partial charge on any atom is 0.258 e. The van der Waals surface area contributed by atoms with Gasteiger partial charge in [-0.2, -0.15) is 0 Å². The molecule has 0 radical (unpaired) electrons. The standard InChI is InChI=1S/C24H20N6OS/c1-13-3-5-15(6-4-13)29-23-16-7-14(2)8-19(21(16)18(25)9-27-23)30-24(31)17-11-32-20-10-26-12-28-22(17)20/h3-12H,25H2,1-2H3,(H,27,29)(H,30,31). The molecule has 158 valence electrons. The van der Waals surface area contributed by atoms with Crippen molar-refractivity contribution >= 4 is 61.1 Å². The van der Waals surface area contributed by atoms with E-state index < -0.39 is 0 Å². The van der Waals surface area contributed by atoms with Crippen molar-refractivity contribution in [3.8, 4) is 0 Å². The first kappa shape index (κ1) is 19.9. The first-order valence-electron chi connectivity index (χ1n) is 10.0. The SMILES string of the molecule is Cc1ccc(Nc2ncc(N)c3c(NC(=O)c4csc5cncnc45)cc(C)cc23)cc1. The van der Waals surface area contributed by atoms with Crippen LogP contribution >= 0.6 is 11.3 Å². The number of hydrogen-bond acceptors (Lipinski definition) is 7. The molecule has 5 rings (SSSR count). The average molecular weight is 441 g/mol. The molecule has 0 atom stereocenters. The normalized spacial score (nSPS) is 11.1. The summed E-state index contributed by atoms with van der Waals surface area (Å²) in [6, 6.07) is 12.0. The maximum atomic E-state index is 13.1. The predicted molar refractivity (Wildman–Crippen MR) is 131 cm³/mol. The summed E-state index contributed by atoms with van der Waals surface area (Å²) in [5.41, 5.74) is 11.7. The fourth-order valence-corrected chi connectivity index (χ4v) is 4.52. The molecule has 0 spiro atoms. The summed E-state index contributed by atoms with van der Waals surface area (Å²) in [5.74, 6) is 0.428. The molecule has 3 aromatic heterocycles. The summed E-state index contributed by atoms with van der Waals surface area (Å²) in [6.45, 7) is 4.02. The molecule has 32 heavy (non-hydrogen) atoms. The Morgan fingerprint density at radius 1 is 1.03 bits per heavy atom. The van der Waals surface area contributed by atoms with Gasteiger partial charge in [-0.05, 0) is 43.7 Å². The van der Waals surface area contributed by atoms with Gasteiger partial charge in [0.25, 0.3) is 5.91 Å². The molecule has 0 saturated heterocycles. The minimum absolute atomic E-state index is 0.244. The van der Waals surface area contributed by atoms with E-state index in [4.69, 9.17) is 5.73 Å². The lowest BCUT2D eigenvalue weighted by atomic mass is 10.0. The third kappa shape index (κ3) is 3.61. The van der Waals surface area contributed by atoms with Crippen LogP contribution in [0.3, 0.4) is 0 Å². The zero-order valence-corrected chi connectivity index (χ0v) is 18.3. The number of fused-ring (bicyclic) bond motifs is 2. The number of nitrogens with one attached hydrogen (secondary N) is 2. The van der Waals surface area contributed by atoms with Crippen molar-refractivity contribution in [2.75, 3.05) is 16.4 Å². The Bertz CT molecular complexity index is 1480. The Balaban J connectivity index is 1.57. The van der Waals surface area contributed by atoms with Gasteiger partial charge in [0.15, 0.2) is 0 Å². The van der Waals surface area contributed by atoms with Crippen LogP contribution in [-0.2, 0) is 0 Å². The number of pyridine rings is 1. The number of nitrogens with two attached hydrogens (primary N) is 1. The fourth-order valence-electron chi connectivity index (χ4n) is 3.66. The largest absolute Gasteiger partial charge is 0.397 e. The quantitative estimate of drug-likeness (QED) is 0.344. The monoisotopic (exact) mass is 440 g/mol. The van der Waals surface area contributed by atoms with Gasteiger partial charge in [-0.15, -0.1) is 11.3 Å². The summed E-state index contributed by atoms with van der Waals surface area (Å²) < 4.78 is 0.861. The van der Waals surface area contributed by atoms with E-state index in [-0.39, 0.29) is 5.91 Å². The highest BCUT2D eigenvalue weighted by Crippen LogP contribution is 2.35. The van der Waals surface area contributed by atoms with Crippen LogP contribution in [-0.4, -0.2) is 20.9 Å². The number of anilines is 4. The molecule has 7 nitrogen and oxygen atoms in total. The highest BCUT2D eigenvalue weighted by molar-refractivity contribution is 7.17. The van der Waals surface area contributed by atoms with E-state index in [0.29, 0.717) is 28.3 Å². The highest BCUT2D eigenvalue weighted by atomic mass is 32.1. The van der Waals surface area contributed by atoms with Gasteiger partial charge in [0, 0.05) is 28.0 Å². The first-order valence-corrected chi connectivity index (χ1v) is 10.9. The van der Waals surface area contributed by atoms with Crippen molar-refractivity contribution in [1.29, 1.82) is 0 Å². The number of nitrogen functional groups attached to an aromatic ring is 1. The van der Waals surface area contributed by atoms with Gasteiger partial charge in [0.1, 0.15) is 12.1 Å². The molecule has 0 aliphatic carbocycles. The summed E-state index contributed by atoms with van der Waals surface area (Å²) in [7, 11) is 0. The molecule has 0 aliphatic rings. The molecule has 0 unspecified atom stereocenters. The minimum Gasteiger partial charge on any atom is -0.397 e. The van der Waals surface area contributed by atoms with Crippen LogP contribution in [0.5, 0.6) is 0 Å². The maximum absolute atomic E-state index is 13.1. The van der Waals surface area contributed by atoms with E-state index in [0.717, 1.165) is 26.7 Å². The summed E-state index contributed by atoms with van der Waals surface area (Å²) >= 11 is 1.44. The van der Waals surface area contributed by atoms with Gasteiger partial charge < -0.3 is 16.4 Å². The fraction of sp³-hybridized carbons (Fsp3) is 0.0833. The number of carbonyl (C=O) groups excluding carboxylic acids is 1. The number of rotatable bonds is 4. The summed E-state index contributed by atoms with van der Waals surface area (Å²) in [4.78, 5) is 25.9. The predicted octanol–water partition coefficient (Wildman–Crippen LogP) is 5.43. The van der Waals surface area contributed by atoms with Crippen molar-refractivity contribution in [2.45, 2.75) is 13.8 Å². The lowest BCUT2D eigenvalue weighted by Gasteiger charge is -2.15. The lowest BCUT2D eigenvalue weighted by molar-refractivity contribution is 0.102. The zero-order chi connectivity index (χ0) is 22.2. The molecule has 0 aliphatic heterocycles. The highest BCUT2D eigenvalue weighted by Gasteiger charge is 2.17. The van der Waals surface area contributed by atoms with Gasteiger partial charge in [0.05, 0.1) is 33.4 Å². The van der Waals surface area contributed by atoms with Gasteiger partial charge in [0.2, 0.25) is 0 Å². The number of aryl methyl sites for hydroxylation is 2. The molecule has 2 aromatic carbocycles. The second kappa shape index (κ2) is 7.90. The number of thiophene rings is 1. The summed E-state index contributed by atoms with van der Waals surface area (Å²) in [6.07, 6.45) is 4.76. The second-order valence-electron chi connectivity index (χ2n) is 7.63. The number of hydrogen-bond donors (Lipinski definition) is 3. The molecule has 8 heteroatoms.